The Balaban J connectivity index is 2.30. The molecule has 3 nitrogen and oxygen atoms in total. The van der Waals surface area contributed by atoms with E-state index >= 15 is 0 Å². The van der Waals surface area contributed by atoms with E-state index in [1.807, 2.05) is 56.3 Å². The summed E-state index contributed by atoms with van der Waals surface area (Å²) >= 11 is 5.89. The van der Waals surface area contributed by atoms with Gasteiger partial charge in [-0.15, -0.1) is 0 Å². The molecular formula is C25H29ClF3NO2. The lowest BCUT2D eigenvalue weighted by atomic mass is 9.69. The van der Waals surface area contributed by atoms with Gasteiger partial charge in [-0.1, -0.05) is 42.3 Å². The van der Waals surface area contributed by atoms with Gasteiger partial charge >= 0.3 is 6.18 Å². The molecule has 2 unspecified atom stereocenters. The number of alkyl halides is 3. The van der Waals surface area contributed by atoms with Gasteiger partial charge in [-0.05, 0) is 81.2 Å². The number of hydrogen-bond acceptors (Lipinski definition) is 3. The maximum atomic E-state index is 13.7. The molecule has 1 saturated carbocycles. The van der Waals surface area contributed by atoms with Crippen LogP contribution in [0.3, 0.4) is 0 Å². The first kappa shape index (κ1) is 24.6. The SMILES string of the molecule is COc1cccc(C=C2CCCCC(C)(N(C)C)C2(O)c2ccc(Cl)c(C(F)(F)F)c2)c1. The van der Waals surface area contributed by atoms with Gasteiger partial charge in [0, 0.05) is 0 Å². The second-order valence-corrected chi connectivity index (χ2v) is 9.13. The fraction of sp³-hybridized carbons (Fsp3) is 0.440. The van der Waals surface area contributed by atoms with Crippen LogP contribution >= 0.6 is 11.6 Å². The molecule has 2 atom stereocenters. The minimum Gasteiger partial charge on any atom is -0.497 e. The third-order valence-corrected chi connectivity index (χ3v) is 7.04. The van der Waals surface area contributed by atoms with Crippen LogP contribution in [-0.4, -0.2) is 36.8 Å². The van der Waals surface area contributed by atoms with Crippen molar-refractivity contribution >= 4 is 17.7 Å². The Morgan fingerprint density at radius 2 is 1.84 bits per heavy atom. The lowest BCUT2D eigenvalue weighted by Gasteiger charge is -2.50. The number of rotatable bonds is 4. The Morgan fingerprint density at radius 3 is 2.47 bits per heavy atom. The molecule has 0 saturated heterocycles. The van der Waals surface area contributed by atoms with Crippen LogP contribution in [0.5, 0.6) is 5.75 Å². The van der Waals surface area contributed by atoms with Gasteiger partial charge in [0.25, 0.3) is 0 Å². The molecule has 3 rings (SSSR count). The average Bonchev–Trinajstić information content (AvgIpc) is 2.86. The van der Waals surface area contributed by atoms with Gasteiger partial charge in [0.1, 0.15) is 11.4 Å². The highest BCUT2D eigenvalue weighted by Gasteiger charge is 2.53. The second kappa shape index (κ2) is 9.08. The highest BCUT2D eigenvalue weighted by molar-refractivity contribution is 6.31. The van der Waals surface area contributed by atoms with Gasteiger partial charge in [0.05, 0.1) is 23.2 Å². The highest BCUT2D eigenvalue weighted by Crippen LogP contribution is 2.50. The van der Waals surface area contributed by atoms with E-state index in [-0.39, 0.29) is 10.6 Å². The van der Waals surface area contributed by atoms with Gasteiger partial charge in [0.15, 0.2) is 0 Å². The minimum absolute atomic E-state index is 0.182. The van der Waals surface area contributed by atoms with E-state index < -0.39 is 22.9 Å². The van der Waals surface area contributed by atoms with Gasteiger partial charge in [-0.2, -0.15) is 13.2 Å². The van der Waals surface area contributed by atoms with E-state index in [4.69, 9.17) is 16.3 Å². The van der Waals surface area contributed by atoms with Crippen molar-refractivity contribution in [1.82, 2.24) is 4.90 Å². The molecule has 174 valence electrons. The predicted octanol–water partition coefficient (Wildman–Crippen LogP) is 6.53. The smallest absolute Gasteiger partial charge is 0.417 e. The molecule has 1 aliphatic carbocycles. The second-order valence-electron chi connectivity index (χ2n) is 8.72. The van der Waals surface area contributed by atoms with E-state index in [1.54, 1.807) is 7.11 Å². The molecule has 32 heavy (non-hydrogen) atoms. The molecular weight excluding hydrogens is 439 g/mol. The standard InChI is InChI=1S/C25H29ClF3NO2/c1-23(30(2)3)13-6-5-9-18(14-17-8-7-10-20(15-17)32-4)24(23,31)19-11-12-22(26)21(16-19)25(27,28)29/h7-8,10-12,14-16,31H,5-6,9,13H2,1-4H3. The van der Waals surface area contributed by atoms with Crippen LogP contribution in [0.15, 0.2) is 48.0 Å². The van der Waals surface area contributed by atoms with Crippen molar-refractivity contribution in [1.29, 1.82) is 0 Å². The first-order chi connectivity index (χ1) is 14.9. The van der Waals surface area contributed by atoms with Crippen LogP contribution in [0.2, 0.25) is 5.02 Å². The number of hydrogen-bond donors (Lipinski definition) is 1. The molecule has 0 heterocycles. The summed E-state index contributed by atoms with van der Waals surface area (Å²) in [6.07, 6.45) is 0.0846. The molecule has 0 aliphatic heterocycles. The van der Waals surface area contributed by atoms with Crippen molar-refractivity contribution in [2.24, 2.45) is 0 Å². The molecule has 0 radical (unpaired) electrons. The highest BCUT2D eigenvalue weighted by atomic mass is 35.5. The van der Waals surface area contributed by atoms with Gasteiger partial charge in [0.2, 0.25) is 0 Å². The number of aliphatic hydroxyl groups is 1. The zero-order valence-electron chi connectivity index (χ0n) is 18.8. The van der Waals surface area contributed by atoms with Crippen molar-refractivity contribution in [2.75, 3.05) is 21.2 Å². The summed E-state index contributed by atoms with van der Waals surface area (Å²) < 4.78 is 46.3. The van der Waals surface area contributed by atoms with Crippen LogP contribution in [0.4, 0.5) is 13.2 Å². The number of methoxy groups -OCH3 is 1. The maximum Gasteiger partial charge on any atom is 0.417 e. The summed E-state index contributed by atoms with van der Waals surface area (Å²) in [6, 6.07) is 11.1. The van der Waals surface area contributed by atoms with E-state index in [9.17, 15) is 18.3 Å². The van der Waals surface area contributed by atoms with Crippen molar-refractivity contribution in [3.8, 4) is 5.75 Å². The van der Waals surface area contributed by atoms with Gasteiger partial charge in [-0.3, -0.25) is 0 Å². The fourth-order valence-corrected chi connectivity index (χ4v) is 4.84. The number of likely N-dealkylation sites (N-methyl/N-ethyl adjacent to an activating group) is 1. The largest absolute Gasteiger partial charge is 0.497 e. The van der Waals surface area contributed by atoms with Crippen molar-refractivity contribution in [3.05, 3.63) is 69.8 Å². The molecule has 0 amide bonds. The lowest BCUT2D eigenvalue weighted by molar-refractivity contribution is -0.137. The van der Waals surface area contributed by atoms with Crippen LogP contribution < -0.4 is 4.74 Å². The van der Waals surface area contributed by atoms with Crippen LogP contribution in [0.1, 0.15) is 49.3 Å². The summed E-state index contributed by atoms with van der Waals surface area (Å²) in [6.45, 7) is 1.90. The zero-order chi connectivity index (χ0) is 23.7. The molecule has 1 fully saturated rings. The third kappa shape index (κ3) is 4.41. The summed E-state index contributed by atoms with van der Waals surface area (Å²) in [7, 11) is 5.27. The molecule has 1 aliphatic rings. The molecule has 7 heteroatoms. The van der Waals surface area contributed by atoms with Gasteiger partial charge < -0.3 is 14.7 Å². The first-order valence-electron chi connectivity index (χ1n) is 10.6. The Labute approximate surface area is 192 Å². The molecule has 0 spiro atoms. The van der Waals surface area contributed by atoms with E-state index in [2.05, 4.69) is 0 Å². The number of ether oxygens (including phenoxy) is 1. The lowest BCUT2D eigenvalue weighted by Crippen LogP contribution is -2.58. The topological polar surface area (TPSA) is 32.7 Å². The Morgan fingerprint density at radius 1 is 1.12 bits per heavy atom. The fourth-order valence-electron chi connectivity index (χ4n) is 4.61. The third-order valence-electron chi connectivity index (χ3n) is 6.72. The molecule has 2 aromatic rings. The molecule has 2 aromatic carbocycles. The molecule has 0 bridgehead atoms. The van der Waals surface area contributed by atoms with E-state index in [0.29, 0.717) is 24.2 Å². The predicted molar refractivity (Wildman–Crippen MR) is 122 cm³/mol. The maximum absolute atomic E-state index is 13.7. The minimum atomic E-state index is -4.63. The normalized spacial score (nSPS) is 25.8. The summed E-state index contributed by atoms with van der Waals surface area (Å²) in [5.41, 5.74) is -1.80. The average molecular weight is 468 g/mol. The van der Waals surface area contributed by atoms with Gasteiger partial charge in [-0.25, -0.2) is 0 Å². The number of nitrogens with zero attached hydrogens (tertiary/aromatic N) is 1. The quantitative estimate of drug-likeness (QED) is 0.519. The van der Waals surface area contributed by atoms with E-state index in [1.165, 1.54) is 12.1 Å². The van der Waals surface area contributed by atoms with Crippen LogP contribution in [-0.2, 0) is 11.8 Å². The number of benzene rings is 2. The van der Waals surface area contributed by atoms with Crippen molar-refractivity contribution in [3.63, 3.8) is 0 Å². The van der Waals surface area contributed by atoms with Crippen LogP contribution in [0, 0.1) is 0 Å². The van der Waals surface area contributed by atoms with Crippen molar-refractivity contribution < 1.29 is 23.0 Å². The Bertz CT molecular complexity index is 1000. The zero-order valence-corrected chi connectivity index (χ0v) is 19.5. The first-order valence-corrected chi connectivity index (χ1v) is 10.9. The Kier molecular flexibility index (Phi) is 6.99. The monoisotopic (exact) mass is 467 g/mol. The summed E-state index contributed by atoms with van der Waals surface area (Å²) in [5.74, 6) is 0.665. The number of halogens is 4. The summed E-state index contributed by atoms with van der Waals surface area (Å²) in [5, 5.41) is 12.0. The van der Waals surface area contributed by atoms with Crippen molar-refractivity contribution in [2.45, 2.75) is 49.9 Å². The molecule has 0 aromatic heterocycles. The Hall–Kier alpha value is -2.02. The summed E-state index contributed by atoms with van der Waals surface area (Å²) in [4.78, 5) is 1.90. The van der Waals surface area contributed by atoms with Crippen LogP contribution in [0.25, 0.3) is 6.08 Å². The van der Waals surface area contributed by atoms with E-state index in [0.717, 1.165) is 24.5 Å². The molecule has 1 N–H and O–H groups in total.